The third-order valence-electron chi connectivity index (χ3n) is 5.44. The summed E-state index contributed by atoms with van der Waals surface area (Å²) in [5.74, 6) is 0.606. The fourth-order valence-corrected chi connectivity index (χ4v) is 3.81. The molecule has 1 amide bonds. The van der Waals surface area contributed by atoms with Crippen molar-refractivity contribution in [1.82, 2.24) is 24.6 Å². The average Bonchev–Trinajstić information content (AvgIpc) is 3.34. The molecule has 0 aliphatic rings. The first kappa shape index (κ1) is 22.0. The topological polar surface area (TPSA) is 115 Å². The van der Waals surface area contributed by atoms with Gasteiger partial charge in [0.1, 0.15) is 35.6 Å². The summed E-state index contributed by atoms with van der Waals surface area (Å²) in [5, 5.41) is 16.9. The van der Waals surface area contributed by atoms with E-state index in [1.807, 2.05) is 35.8 Å². The Morgan fingerprint density at radius 3 is 2.70 bits per heavy atom. The maximum absolute atomic E-state index is 13.2. The summed E-state index contributed by atoms with van der Waals surface area (Å²) in [7, 11) is 0. The van der Waals surface area contributed by atoms with E-state index in [4.69, 9.17) is 5.73 Å². The highest BCUT2D eigenvalue weighted by molar-refractivity contribution is 5.81. The minimum Gasteiger partial charge on any atom is -0.382 e. The maximum Gasteiger partial charge on any atom is 0.240 e. The molecule has 8 nitrogen and oxygen atoms in total. The van der Waals surface area contributed by atoms with Crippen LogP contribution in [0.5, 0.6) is 0 Å². The second-order valence-electron chi connectivity index (χ2n) is 7.62. The van der Waals surface area contributed by atoms with E-state index in [1.54, 1.807) is 12.1 Å². The number of amides is 1. The fraction of sp³-hybridized carbons (Fsp3) is 0.250. The second kappa shape index (κ2) is 9.53. The number of imidazole rings is 1. The SMILES string of the molecule is CCc1nc2ccccc2n1CC(=O)NCCCc1nn(-c2ccc(F)cc2)c(N)c1C#N. The van der Waals surface area contributed by atoms with E-state index >= 15 is 0 Å². The molecule has 0 saturated carbocycles. The number of carbonyl (C=O) groups is 1. The summed E-state index contributed by atoms with van der Waals surface area (Å²) in [4.78, 5) is 17.1. The van der Waals surface area contributed by atoms with Crippen molar-refractivity contribution in [3.8, 4) is 11.8 Å². The number of rotatable bonds is 8. The minimum atomic E-state index is -0.365. The van der Waals surface area contributed by atoms with E-state index in [2.05, 4.69) is 21.5 Å². The standard InChI is InChI=1S/C24H24FN7O/c1-2-22-29-20-6-3-4-8-21(20)31(22)15-23(33)28-13-5-7-19-18(14-26)24(27)32(30-19)17-11-9-16(25)10-12-17/h3-4,6,8-12H,2,5,7,13,15,27H2,1H3,(H,28,33). The van der Waals surface area contributed by atoms with Crippen molar-refractivity contribution >= 4 is 22.8 Å². The van der Waals surface area contributed by atoms with E-state index in [-0.39, 0.29) is 24.1 Å². The number of nitrogens with two attached hydrogens (primary N) is 1. The smallest absolute Gasteiger partial charge is 0.240 e. The number of benzene rings is 2. The van der Waals surface area contributed by atoms with Crippen molar-refractivity contribution < 1.29 is 9.18 Å². The summed E-state index contributed by atoms with van der Waals surface area (Å²) in [6.07, 6.45) is 1.79. The lowest BCUT2D eigenvalue weighted by Gasteiger charge is -2.09. The van der Waals surface area contributed by atoms with Gasteiger partial charge in [0.25, 0.3) is 0 Å². The van der Waals surface area contributed by atoms with Gasteiger partial charge in [-0.15, -0.1) is 0 Å². The van der Waals surface area contributed by atoms with E-state index in [9.17, 15) is 14.4 Å². The quantitative estimate of drug-likeness (QED) is 0.405. The molecule has 0 radical (unpaired) electrons. The van der Waals surface area contributed by atoms with Crippen LogP contribution in [0, 0.1) is 17.1 Å². The van der Waals surface area contributed by atoms with Gasteiger partial charge in [0, 0.05) is 13.0 Å². The van der Waals surface area contributed by atoms with Crippen molar-refractivity contribution in [2.45, 2.75) is 32.7 Å². The summed E-state index contributed by atoms with van der Waals surface area (Å²) in [6, 6.07) is 15.6. The number of halogens is 1. The molecule has 0 saturated heterocycles. The highest BCUT2D eigenvalue weighted by Gasteiger charge is 2.17. The molecule has 2 heterocycles. The number of anilines is 1. The van der Waals surface area contributed by atoms with E-state index < -0.39 is 0 Å². The van der Waals surface area contributed by atoms with Gasteiger partial charge in [-0.1, -0.05) is 19.1 Å². The van der Waals surface area contributed by atoms with Gasteiger partial charge in [-0.3, -0.25) is 4.79 Å². The summed E-state index contributed by atoms with van der Waals surface area (Å²) in [5.41, 5.74) is 9.31. The maximum atomic E-state index is 13.2. The van der Waals surface area contributed by atoms with Crippen molar-refractivity contribution in [1.29, 1.82) is 5.26 Å². The molecule has 3 N–H and O–H groups in total. The first-order valence-corrected chi connectivity index (χ1v) is 10.8. The molecule has 0 atom stereocenters. The highest BCUT2D eigenvalue weighted by atomic mass is 19.1. The molecular weight excluding hydrogens is 421 g/mol. The van der Waals surface area contributed by atoms with Crippen LogP contribution in [-0.4, -0.2) is 31.8 Å². The number of aromatic nitrogens is 4. The van der Waals surface area contributed by atoms with Crippen LogP contribution in [0.15, 0.2) is 48.5 Å². The number of hydrogen-bond donors (Lipinski definition) is 2. The van der Waals surface area contributed by atoms with Crippen molar-refractivity contribution in [2.75, 3.05) is 12.3 Å². The number of nitrogen functional groups attached to an aromatic ring is 1. The Kier molecular flexibility index (Phi) is 6.36. The average molecular weight is 446 g/mol. The van der Waals surface area contributed by atoms with Crippen LogP contribution in [0.2, 0.25) is 0 Å². The number of nitrogens with one attached hydrogen (secondary N) is 1. The molecule has 4 aromatic rings. The number of hydrogen-bond acceptors (Lipinski definition) is 5. The first-order chi connectivity index (χ1) is 16.0. The van der Waals surface area contributed by atoms with Crippen LogP contribution >= 0.6 is 0 Å². The number of fused-ring (bicyclic) bond motifs is 1. The third-order valence-corrected chi connectivity index (χ3v) is 5.44. The zero-order chi connectivity index (χ0) is 23.4. The predicted molar refractivity (Wildman–Crippen MR) is 123 cm³/mol. The Morgan fingerprint density at radius 1 is 1.21 bits per heavy atom. The number of nitrogens with zero attached hydrogens (tertiary/aromatic N) is 5. The highest BCUT2D eigenvalue weighted by Crippen LogP contribution is 2.22. The van der Waals surface area contributed by atoms with E-state index in [1.165, 1.54) is 16.8 Å². The van der Waals surface area contributed by atoms with E-state index in [0.29, 0.717) is 36.3 Å². The Balaban J connectivity index is 1.38. The van der Waals surface area contributed by atoms with Gasteiger partial charge in [0.05, 0.1) is 22.4 Å². The molecule has 33 heavy (non-hydrogen) atoms. The normalized spacial score (nSPS) is 10.9. The Morgan fingerprint density at radius 2 is 1.97 bits per heavy atom. The molecule has 168 valence electrons. The number of carbonyl (C=O) groups excluding carboxylic acids is 1. The fourth-order valence-electron chi connectivity index (χ4n) is 3.81. The van der Waals surface area contributed by atoms with Gasteiger partial charge in [-0.25, -0.2) is 14.1 Å². The molecule has 4 rings (SSSR count). The van der Waals surface area contributed by atoms with Crippen molar-refractivity contribution in [2.24, 2.45) is 0 Å². The molecule has 0 fully saturated rings. The van der Waals surface area contributed by atoms with Gasteiger partial charge >= 0.3 is 0 Å². The monoisotopic (exact) mass is 445 g/mol. The number of nitriles is 1. The number of aryl methyl sites for hydroxylation is 2. The van der Waals surface area contributed by atoms with Gasteiger partial charge in [-0.2, -0.15) is 10.4 Å². The third kappa shape index (κ3) is 4.55. The van der Waals surface area contributed by atoms with Crippen molar-refractivity contribution in [3.63, 3.8) is 0 Å². The lowest BCUT2D eigenvalue weighted by molar-refractivity contribution is -0.121. The predicted octanol–water partition coefficient (Wildman–Crippen LogP) is 3.13. The Bertz CT molecular complexity index is 1330. The zero-order valence-electron chi connectivity index (χ0n) is 18.3. The molecule has 0 aliphatic heterocycles. The number of para-hydroxylation sites is 2. The molecular formula is C24H24FN7O. The molecule has 0 unspecified atom stereocenters. The Labute approximate surface area is 190 Å². The van der Waals surface area contributed by atoms with Gasteiger partial charge in [0.15, 0.2) is 0 Å². The lowest BCUT2D eigenvalue weighted by atomic mass is 10.1. The van der Waals surface area contributed by atoms with Crippen LogP contribution in [-0.2, 0) is 24.2 Å². The van der Waals surface area contributed by atoms with Crippen LogP contribution in [0.1, 0.15) is 30.4 Å². The van der Waals surface area contributed by atoms with Crippen LogP contribution in [0.25, 0.3) is 16.7 Å². The van der Waals surface area contributed by atoms with Crippen LogP contribution in [0.4, 0.5) is 10.2 Å². The Hall–Kier alpha value is -4.19. The molecule has 9 heteroatoms. The largest absolute Gasteiger partial charge is 0.382 e. The first-order valence-electron chi connectivity index (χ1n) is 10.8. The molecule has 2 aromatic heterocycles. The molecule has 2 aromatic carbocycles. The van der Waals surface area contributed by atoms with E-state index in [0.717, 1.165) is 23.3 Å². The summed E-state index contributed by atoms with van der Waals surface area (Å²) >= 11 is 0. The summed E-state index contributed by atoms with van der Waals surface area (Å²) < 4.78 is 16.6. The summed E-state index contributed by atoms with van der Waals surface area (Å²) in [6.45, 7) is 2.64. The van der Waals surface area contributed by atoms with Gasteiger partial charge in [-0.05, 0) is 49.2 Å². The minimum absolute atomic E-state index is 0.107. The second-order valence-corrected chi connectivity index (χ2v) is 7.62. The van der Waals surface area contributed by atoms with Gasteiger partial charge in [0.2, 0.25) is 5.91 Å². The molecule has 0 bridgehead atoms. The lowest BCUT2D eigenvalue weighted by Crippen LogP contribution is -2.29. The van der Waals surface area contributed by atoms with Crippen molar-refractivity contribution in [3.05, 3.63) is 71.4 Å². The zero-order valence-corrected chi connectivity index (χ0v) is 18.3. The van der Waals surface area contributed by atoms with Crippen LogP contribution in [0.3, 0.4) is 0 Å². The van der Waals surface area contributed by atoms with Gasteiger partial charge < -0.3 is 15.6 Å². The molecule has 0 aliphatic carbocycles. The molecule has 0 spiro atoms. The van der Waals surface area contributed by atoms with Crippen LogP contribution < -0.4 is 11.1 Å².